The SMILES string of the molecule is CC(=O)OC[C@H]1O[C@H](O[N+](=O)[O-])[C@@H](N=[N+]=[N-])[C@@H](OC(C)=O)[C@H]1OC(C)=O. The minimum absolute atomic E-state index is 0.494. The van der Waals surface area contributed by atoms with Crippen molar-refractivity contribution in [3.63, 3.8) is 0 Å². The minimum atomic E-state index is -1.79. The number of hydrogen-bond acceptors (Lipinski definition) is 11. The molecule has 1 fully saturated rings. The quantitative estimate of drug-likeness (QED) is 0.111. The van der Waals surface area contributed by atoms with Crippen molar-refractivity contribution in [2.45, 2.75) is 51.4 Å². The van der Waals surface area contributed by atoms with Gasteiger partial charge in [-0.25, -0.2) is 0 Å². The molecule has 14 heteroatoms. The van der Waals surface area contributed by atoms with Gasteiger partial charge in [-0.2, -0.15) is 0 Å². The predicted octanol–water partition coefficient (Wildman–Crippen LogP) is 0.0250. The number of ether oxygens (including phenoxy) is 4. The van der Waals surface area contributed by atoms with Gasteiger partial charge in [0.05, 0.1) is 0 Å². The van der Waals surface area contributed by atoms with Crippen molar-refractivity contribution in [1.82, 2.24) is 0 Å². The number of esters is 3. The first-order valence-corrected chi connectivity index (χ1v) is 7.14. The zero-order valence-corrected chi connectivity index (χ0v) is 14.0. The molecule has 14 nitrogen and oxygen atoms in total. The zero-order chi connectivity index (χ0) is 19.9. The smallest absolute Gasteiger partial charge is 0.303 e. The number of nitrogens with zero attached hydrogens (tertiary/aromatic N) is 4. The summed E-state index contributed by atoms with van der Waals surface area (Å²) < 4.78 is 20.1. The molecule has 0 aromatic heterocycles. The molecule has 0 radical (unpaired) electrons. The molecule has 5 atom stereocenters. The Hall–Kier alpha value is -3.12. The van der Waals surface area contributed by atoms with Crippen molar-refractivity contribution < 1.29 is 43.3 Å². The monoisotopic (exact) mass is 376 g/mol. The largest absolute Gasteiger partial charge is 0.463 e. The molecular weight excluding hydrogens is 360 g/mol. The van der Waals surface area contributed by atoms with Crippen LogP contribution in [0.4, 0.5) is 0 Å². The van der Waals surface area contributed by atoms with Crippen molar-refractivity contribution >= 4 is 17.9 Å². The molecule has 0 unspecified atom stereocenters. The van der Waals surface area contributed by atoms with E-state index >= 15 is 0 Å². The third-order valence-corrected chi connectivity index (χ3v) is 3.04. The van der Waals surface area contributed by atoms with Gasteiger partial charge >= 0.3 is 17.9 Å². The fourth-order valence-electron chi connectivity index (χ4n) is 2.24. The van der Waals surface area contributed by atoms with E-state index in [1.54, 1.807) is 0 Å². The third kappa shape index (κ3) is 6.07. The average Bonchev–Trinajstić information content (AvgIpc) is 2.49. The molecule has 0 aromatic carbocycles. The van der Waals surface area contributed by atoms with E-state index in [4.69, 9.17) is 24.5 Å². The van der Waals surface area contributed by atoms with Gasteiger partial charge in [-0.1, -0.05) is 5.11 Å². The summed E-state index contributed by atoms with van der Waals surface area (Å²) in [5.74, 6) is -2.36. The van der Waals surface area contributed by atoms with Gasteiger partial charge < -0.3 is 18.9 Å². The maximum Gasteiger partial charge on any atom is 0.303 e. The maximum absolute atomic E-state index is 11.4. The van der Waals surface area contributed by atoms with Gasteiger partial charge in [0.1, 0.15) is 18.8 Å². The van der Waals surface area contributed by atoms with Crippen LogP contribution in [-0.2, 0) is 38.2 Å². The molecule has 0 aromatic rings. The Morgan fingerprint density at radius 3 is 2.19 bits per heavy atom. The van der Waals surface area contributed by atoms with E-state index in [9.17, 15) is 24.5 Å². The lowest BCUT2D eigenvalue weighted by atomic mass is 9.97. The van der Waals surface area contributed by atoms with Gasteiger partial charge in [0.2, 0.25) is 6.29 Å². The van der Waals surface area contributed by atoms with Crippen LogP contribution in [0.1, 0.15) is 20.8 Å². The lowest BCUT2D eigenvalue weighted by molar-refractivity contribution is -0.783. The fourth-order valence-corrected chi connectivity index (χ4v) is 2.24. The molecule has 0 spiro atoms. The summed E-state index contributed by atoms with van der Waals surface area (Å²) in [4.78, 5) is 51.3. The number of carbonyl (C=O) groups is 3. The van der Waals surface area contributed by atoms with E-state index in [0.717, 1.165) is 20.8 Å². The van der Waals surface area contributed by atoms with Crippen molar-refractivity contribution in [2.24, 2.45) is 5.11 Å². The van der Waals surface area contributed by atoms with Crippen LogP contribution in [-0.4, -0.2) is 60.2 Å². The molecule has 1 aliphatic heterocycles. The van der Waals surface area contributed by atoms with Crippen LogP contribution in [0.25, 0.3) is 10.4 Å². The molecule has 1 aliphatic rings. The Morgan fingerprint density at radius 1 is 1.15 bits per heavy atom. The van der Waals surface area contributed by atoms with Crippen molar-refractivity contribution in [3.8, 4) is 0 Å². The van der Waals surface area contributed by atoms with Crippen molar-refractivity contribution in [3.05, 3.63) is 20.6 Å². The summed E-state index contributed by atoms with van der Waals surface area (Å²) in [6.07, 6.45) is -5.94. The standard InChI is InChI=1S/C12H16N4O10/c1-5(17)22-4-8-10(23-6(2)18)11(24-7(3)19)9(14-15-13)12(25-8)26-16(20)21/h8-12H,4H2,1-3H3/t8-,9+,10+,11-,12-/m1/s1. The van der Waals surface area contributed by atoms with E-state index in [1.165, 1.54) is 0 Å². The van der Waals surface area contributed by atoms with Gasteiger partial charge in [-0.15, -0.1) is 10.1 Å². The topological polar surface area (TPSA) is 189 Å². The molecule has 144 valence electrons. The fraction of sp³-hybridized carbons (Fsp3) is 0.750. The normalized spacial score (nSPS) is 27.4. The molecule has 0 saturated carbocycles. The highest BCUT2D eigenvalue weighted by Crippen LogP contribution is 2.29. The highest BCUT2D eigenvalue weighted by molar-refractivity contribution is 5.68. The number of hydrogen-bond donors (Lipinski definition) is 0. The van der Waals surface area contributed by atoms with Crippen LogP contribution in [0.3, 0.4) is 0 Å². The lowest BCUT2D eigenvalue weighted by Gasteiger charge is -2.42. The van der Waals surface area contributed by atoms with E-state index in [0.29, 0.717) is 0 Å². The Labute approximate surface area is 146 Å². The zero-order valence-electron chi connectivity index (χ0n) is 14.0. The molecular formula is C12H16N4O10. The molecule has 1 rings (SSSR count). The Kier molecular flexibility index (Phi) is 7.55. The van der Waals surface area contributed by atoms with Gasteiger partial charge in [0.25, 0.3) is 5.09 Å². The van der Waals surface area contributed by atoms with Gasteiger partial charge in [-0.05, 0) is 5.53 Å². The molecule has 0 amide bonds. The second-order valence-electron chi connectivity index (χ2n) is 5.02. The molecule has 1 heterocycles. The van der Waals surface area contributed by atoms with E-state index < -0.39 is 60.2 Å². The Bertz CT molecular complexity index is 619. The van der Waals surface area contributed by atoms with E-state index in [-0.39, 0.29) is 0 Å². The summed E-state index contributed by atoms with van der Waals surface area (Å²) in [5, 5.41) is 12.8. The van der Waals surface area contributed by atoms with Crippen LogP contribution >= 0.6 is 0 Å². The third-order valence-electron chi connectivity index (χ3n) is 3.04. The van der Waals surface area contributed by atoms with Gasteiger partial charge in [-0.3, -0.25) is 19.2 Å². The first kappa shape index (κ1) is 20.9. The predicted molar refractivity (Wildman–Crippen MR) is 77.4 cm³/mol. The molecule has 0 aliphatic carbocycles. The van der Waals surface area contributed by atoms with Gasteiger partial charge in [0.15, 0.2) is 12.2 Å². The van der Waals surface area contributed by atoms with Crippen LogP contribution in [0.2, 0.25) is 0 Å². The van der Waals surface area contributed by atoms with Crippen LogP contribution < -0.4 is 0 Å². The summed E-state index contributed by atoms with van der Waals surface area (Å²) in [6, 6.07) is -1.55. The number of carbonyl (C=O) groups excluding carboxylic acids is 3. The maximum atomic E-state index is 11.4. The second kappa shape index (κ2) is 9.39. The second-order valence-corrected chi connectivity index (χ2v) is 5.02. The van der Waals surface area contributed by atoms with Crippen molar-refractivity contribution in [2.75, 3.05) is 6.61 Å². The van der Waals surface area contributed by atoms with Crippen LogP contribution in [0, 0.1) is 10.1 Å². The van der Waals surface area contributed by atoms with Crippen LogP contribution in [0.5, 0.6) is 0 Å². The summed E-state index contributed by atoms with van der Waals surface area (Å²) in [6.45, 7) is 2.68. The highest BCUT2D eigenvalue weighted by atomic mass is 17.0. The van der Waals surface area contributed by atoms with Crippen LogP contribution in [0.15, 0.2) is 5.11 Å². The lowest BCUT2D eigenvalue weighted by Crippen LogP contribution is -2.61. The van der Waals surface area contributed by atoms with Crippen molar-refractivity contribution in [1.29, 1.82) is 0 Å². The van der Waals surface area contributed by atoms with E-state index in [1.807, 2.05) is 0 Å². The summed E-state index contributed by atoms with van der Waals surface area (Å²) >= 11 is 0. The first-order chi connectivity index (χ1) is 12.1. The molecule has 0 N–H and O–H groups in total. The minimum Gasteiger partial charge on any atom is -0.463 e. The number of rotatable bonds is 7. The molecule has 26 heavy (non-hydrogen) atoms. The Morgan fingerprint density at radius 2 is 1.73 bits per heavy atom. The average molecular weight is 376 g/mol. The first-order valence-electron chi connectivity index (χ1n) is 7.14. The molecule has 0 bridgehead atoms. The van der Waals surface area contributed by atoms with Gasteiger partial charge in [0, 0.05) is 25.7 Å². The van der Waals surface area contributed by atoms with E-state index in [2.05, 4.69) is 14.9 Å². The number of azide groups is 1. The molecule has 1 saturated heterocycles. The Balaban J connectivity index is 3.28. The summed E-state index contributed by atoms with van der Waals surface area (Å²) in [7, 11) is 0. The highest BCUT2D eigenvalue weighted by Gasteiger charge is 2.51. The summed E-state index contributed by atoms with van der Waals surface area (Å²) in [5.41, 5.74) is 8.69.